The van der Waals surface area contributed by atoms with E-state index in [0.717, 1.165) is 11.3 Å². The van der Waals surface area contributed by atoms with Crippen LogP contribution in [0.1, 0.15) is 5.69 Å². The Morgan fingerprint density at radius 1 is 1.00 bits per heavy atom. The smallest absolute Gasteiger partial charge is 0.321 e. The van der Waals surface area contributed by atoms with E-state index in [-0.39, 0.29) is 11.8 Å². The summed E-state index contributed by atoms with van der Waals surface area (Å²) in [6.07, 6.45) is 3.17. The van der Waals surface area contributed by atoms with E-state index >= 15 is 0 Å². The first kappa shape index (κ1) is 13.1. The molecule has 2 heterocycles. The van der Waals surface area contributed by atoms with Crippen molar-refractivity contribution in [2.75, 3.05) is 0 Å². The van der Waals surface area contributed by atoms with Gasteiger partial charge in [0.2, 0.25) is 0 Å². The van der Waals surface area contributed by atoms with Crippen molar-refractivity contribution in [3.8, 4) is 23.0 Å². The lowest BCUT2D eigenvalue weighted by molar-refractivity contribution is 0.438. The van der Waals surface area contributed by atoms with Crippen LogP contribution in [-0.4, -0.2) is 20.2 Å². The average molecular weight is 282 g/mol. The van der Waals surface area contributed by atoms with E-state index in [1.807, 2.05) is 19.1 Å². The molecule has 1 aromatic carbocycles. The van der Waals surface area contributed by atoms with Gasteiger partial charge in [-0.3, -0.25) is 0 Å². The zero-order chi connectivity index (χ0) is 14.7. The Hall–Kier alpha value is -2.89. The average Bonchev–Trinajstić information content (AvgIpc) is 2.49. The monoisotopic (exact) mass is 282 g/mol. The standard InChI is InChI=1S/C15H11FN4O/c1-10-5-6-14(20-19-10)11-8-17-15(18-9-11)21-13-4-2-3-12(16)7-13/h2-9H,1H3. The first-order valence-corrected chi connectivity index (χ1v) is 6.27. The van der Waals surface area contributed by atoms with E-state index in [9.17, 15) is 4.39 Å². The molecule has 104 valence electrons. The largest absolute Gasteiger partial charge is 0.424 e. The third-order valence-corrected chi connectivity index (χ3v) is 2.73. The molecule has 0 saturated carbocycles. The minimum atomic E-state index is -0.376. The van der Waals surface area contributed by atoms with E-state index in [4.69, 9.17) is 4.74 Å². The summed E-state index contributed by atoms with van der Waals surface area (Å²) in [4.78, 5) is 8.16. The zero-order valence-electron chi connectivity index (χ0n) is 11.2. The summed E-state index contributed by atoms with van der Waals surface area (Å²) < 4.78 is 18.4. The number of aryl methyl sites for hydroxylation is 1. The minimum absolute atomic E-state index is 0.143. The molecule has 3 rings (SSSR count). The lowest BCUT2D eigenvalue weighted by Crippen LogP contribution is -1.94. The summed E-state index contributed by atoms with van der Waals surface area (Å²) in [6.45, 7) is 1.86. The fraction of sp³-hybridized carbons (Fsp3) is 0.0667. The maximum Gasteiger partial charge on any atom is 0.321 e. The summed E-state index contributed by atoms with van der Waals surface area (Å²) in [7, 11) is 0. The van der Waals surface area contributed by atoms with Crippen LogP contribution in [0.25, 0.3) is 11.3 Å². The fourth-order valence-electron chi connectivity index (χ4n) is 1.69. The molecule has 5 nitrogen and oxygen atoms in total. The molecule has 6 heteroatoms. The summed E-state index contributed by atoms with van der Waals surface area (Å²) in [5, 5.41) is 8.03. The quantitative estimate of drug-likeness (QED) is 0.738. The summed E-state index contributed by atoms with van der Waals surface area (Å²) in [5.74, 6) is -0.0306. The molecule has 0 saturated heterocycles. The van der Waals surface area contributed by atoms with Gasteiger partial charge in [0.15, 0.2) is 0 Å². The van der Waals surface area contributed by atoms with Crippen LogP contribution in [-0.2, 0) is 0 Å². The molecule has 0 unspecified atom stereocenters. The van der Waals surface area contributed by atoms with Crippen molar-refractivity contribution in [1.29, 1.82) is 0 Å². The van der Waals surface area contributed by atoms with Crippen LogP contribution >= 0.6 is 0 Å². The molecule has 0 spiro atoms. The Bertz CT molecular complexity index is 744. The second-order valence-electron chi connectivity index (χ2n) is 4.37. The lowest BCUT2D eigenvalue weighted by Gasteiger charge is -2.04. The van der Waals surface area contributed by atoms with Gasteiger partial charge in [-0.05, 0) is 31.2 Å². The fourth-order valence-corrected chi connectivity index (χ4v) is 1.69. The van der Waals surface area contributed by atoms with E-state index in [1.54, 1.807) is 24.5 Å². The molecule has 21 heavy (non-hydrogen) atoms. The van der Waals surface area contributed by atoms with Gasteiger partial charge in [0, 0.05) is 24.0 Å². The van der Waals surface area contributed by atoms with Crippen LogP contribution in [0, 0.1) is 12.7 Å². The molecule has 0 aliphatic rings. The second kappa shape index (κ2) is 5.62. The van der Waals surface area contributed by atoms with E-state index < -0.39 is 0 Å². The molecule has 0 aliphatic heterocycles. The van der Waals surface area contributed by atoms with E-state index in [0.29, 0.717) is 11.4 Å². The molecular formula is C15H11FN4O. The Labute approximate surface area is 120 Å². The van der Waals surface area contributed by atoms with Gasteiger partial charge in [-0.1, -0.05) is 6.07 Å². The van der Waals surface area contributed by atoms with Gasteiger partial charge in [-0.25, -0.2) is 14.4 Å². The van der Waals surface area contributed by atoms with Crippen LogP contribution < -0.4 is 4.74 Å². The highest BCUT2D eigenvalue weighted by atomic mass is 19.1. The first-order valence-electron chi connectivity index (χ1n) is 6.27. The topological polar surface area (TPSA) is 60.8 Å². The molecule has 3 aromatic rings. The number of aromatic nitrogens is 4. The van der Waals surface area contributed by atoms with E-state index in [2.05, 4.69) is 20.2 Å². The number of ether oxygens (including phenoxy) is 1. The molecular weight excluding hydrogens is 271 g/mol. The maximum absolute atomic E-state index is 13.1. The lowest BCUT2D eigenvalue weighted by atomic mass is 10.2. The number of halogens is 1. The molecule has 0 bridgehead atoms. The normalized spacial score (nSPS) is 10.4. The molecule has 0 atom stereocenters. The Balaban J connectivity index is 1.79. The van der Waals surface area contributed by atoms with Crippen molar-refractivity contribution in [2.24, 2.45) is 0 Å². The molecule has 2 aromatic heterocycles. The number of hydrogen-bond acceptors (Lipinski definition) is 5. The highest BCUT2D eigenvalue weighted by Crippen LogP contribution is 2.20. The van der Waals surface area contributed by atoms with Crippen LogP contribution in [0.4, 0.5) is 4.39 Å². The van der Waals surface area contributed by atoms with Crippen molar-refractivity contribution in [2.45, 2.75) is 6.92 Å². The summed E-state index contributed by atoms with van der Waals surface area (Å²) in [5.41, 5.74) is 2.25. The molecule has 0 radical (unpaired) electrons. The minimum Gasteiger partial charge on any atom is -0.424 e. The van der Waals surface area contributed by atoms with Crippen molar-refractivity contribution in [3.05, 3.63) is 60.3 Å². The molecule has 0 aliphatic carbocycles. The Morgan fingerprint density at radius 3 is 2.48 bits per heavy atom. The SMILES string of the molecule is Cc1ccc(-c2cnc(Oc3cccc(F)c3)nc2)nn1. The molecule has 0 amide bonds. The zero-order valence-corrected chi connectivity index (χ0v) is 11.2. The summed E-state index contributed by atoms with van der Waals surface area (Å²) in [6, 6.07) is 9.64. The predicted molar refractivity (Wildman–Crippen MR) is 74.3 cm³/mol. The van der Waals surface area contributed by atoms with E-state index in [1.165, 1.54) is 12.1 Å². The van der Waals surface area contributed by atoms with Crippen LogP contribution in [0.5, 0.6) is 11.8 Å². The van der Waals surface area contributed by atoms with Gasteiger partial charge >= 0.3 is 6.01 Å². The van der Waals surface area contributed by atoms with Crippen molar-refractivity contribution in [3.63, 3.8) is 0 Å². The molecule has 0 N–H and O–H groups in total. The van der Waals surface area contributed by atoms with Gasteiger partial charge in [-0.15, -0.1) is 0 Å². The first-order chi connectivity index (χ1) is 10.2. The Kier molecular flexibility index (Phi) is 3.51. The highest BCUT2D eigenvalue weighted by Gasteiger charge is 2.05. The molecule has 0 fully saturated rings. The Morgan fingerprint density at radius 2 is 1.81 bits per heavy atom. The van der Waals surface area contributed by atoms with Crippen LogP contribution in [0.3, 0.4) is 0 Å². The number of nitrogens with zero attached hydrogens (tertiary/aromatic N) is 4. The highest BCUT2D eigenvalue weighted by molar-refractivity contribution is 5.55. The van der Waals surface area contributed by atoms with Gasteiger partial charge in [0.1, 0.15) is 11.6 Å². The van der Waals surface area contributed by atoms with Gasteiger partial charge in [0.25, 0.3) is 0 Å². The van der Waals surface area contributed by atoms with Crippen LogP contribution in [0.2, 0.25) is 0 Å². The maximum atomic E-state index is 13.1. The summed E-state index contributed by atoms with van der Waals surface area (Å²) >= 11 is 0. The predicted octanol–water partition coefficient (Wildman–Crippen LogP) is 3.17. The number of rotatable bonds is 3. The van der Waals surface area contributed by atoms with Crippen molar-refractivity contribution >= 4 is 0 Å². The van der Waals surface area contributed by atoms with Crippen molar-refractivity contribution in [1.82, 2.24) is 20.2 Å². The van der Waals surface area contributed by atoms with Gasteiger partial charge in [0.05, 0.1) is 11.4 Å². The van der Waals surface area contributed by atoms with Crippen LogP contribution in [0.15, 0.2) is 48.8 Å². The third kappa shape index (κ3) is 3.17. The third-order valence-electron chi connectivity index (χ3n) is 2.73. The van der Waals surface area contributed by atoms with Gasteiger partial charge < -0.3 is 4.74 Å². The number of hydrogen-bond donors (Lipinski definition) is 0. The van der Waals surface area contributed by atoms with Crippen molar-refractivity contribution < 1.29 is 9.13 Å². The second-order valence-corrected chi connectivity index (χ2v) is 4.37. The number of benzene rings is 1. The van der Waals surface area contributed by atoms with Gasteiger partial charge in [-0.2, -0.15) is 10.2 Å².